The number of amides is 1. The molecule has 0 saturated heterocycles. The molecule has 0 saturated carbocycles. The van der Waals surface area contributed by atoms with Crippen LogP contribution in [-0.2, 0) is 4.79 Å². The average molecular weight is 380 g/mol. The minimum absolute atomic E-state index is 0.000498. The normalized spacial score (nSPS) is 11.0. The fourth-order valence-electron chi connectivity index (χ4n) is 2.30. The number of hydrogen-bond acceptors (Lipinski definition) is 4. The first-order valence-corrected chi connectivity index (χ1v) is 9.02. The van der Waals surface area contributed by atoms with E-state index in [2.05, 4.69) is 10.3 Å². The maximum absolute atomic E-state index is 12.3. The predicted molar refractivity (Wildman–Crippen MR) is 106 cm³/mol. The second kappa shape index (κ2) is 7.96. The number of nitrogens with one attached hydrogen (secondary N) is 1. The van der Waals surface area contributed by atoms with Gasteiger partial charge < -0.3 is 5.32 Å². The van der Waals surface area contributed by atoms with E-state index < -0.39 is 5.91 Å². The van der Waals surface area contributed by atoms with Crippen LogP contribution in [0.25, 0.3) is 16.6 Å². The molecule has 0 atom stereocenters. The Morgan fingerprint density at radius 1 is 1.27 bits per heavy atom. The van der Waals surface area contributed by atoms with Crippen molar-refractivity contribution in [2.75, 3.05) is 5.32 Å². The predicted octanol–water partition coefficient (Wildman–Crippen LogP) is 5.32. The number of aromatic nitrogens is 1. The van der Waals surface area contributed by atoms with Gasteiger partial charge in [0.1, 0.15) is 16.6 Å². The molecule has 0 fully saturated rings. The van der Waals surface area contributed by atoms with Gasteiger partial charge in [-0.1, -0.05) is 35.9 Å². The molecule has 0 unspecified atom stereocenters. The van der Waals surface area contributed by atoms with Gasteiger partial charge in [-0.05, 0) is 42.8 Å². The zero-order chi connectivity index (χ0) is 18.5. The highest BCUT2D eigenvalue weighted by molar-refractivity contribution is 7.13. The zero-order valence-electron chi connectivity index (χ0n) is 13.9. The summed E-state index contributed by atoms with van der Waals surface area (Å²) in [6, 6.07) is 16.7. The lowest BCUT2D eigenvalue weighted by Crippen LogP contribution is -2.13. The first kappa shape index (κ1) is 17.9. The third kappa shape index (κ3) is 4.37. The van der Waals surface area contributed by atoms with Crippen molar-refractivity contribution in [1.82, 2.24) is 4.98 Å². The summed E-state index contributed by atoms with van der Waals surface area (Å²) in [5.74, 6) is -0.459. The zero-order valence-corrected chi connectivity index (χ0v) is 15.4. The molecule has 2 aromatic carbocycles. The van der Waals surface area contributed by atoms with Crippen LogP contribution in [0.5, 0.6) is 0 Å². The van der Waals surface area contributed by atoms with Crippen LogP contribution in [0.2, 0.25) is 5.02 Å². The Balaban J connectivity index is 1.80. The van der Waals surface area contributed by atoms with Gasteiger partial charge in [0.25, 0.3) is 5.91 Å². The summed E-state index contributed by atoms with van der Waals surface area (Å²) >= 11 is 7.33. The van der Waals surface area contributed by atoms with Crippen LogP contribution in [0.3, 0.4) is 0 Å². The maximum atomic E-state index is 12.3. The minimum Gasteiger partial charge on any atom is -0.321 e. The third-order valence-corrected chi connectivity index (χ3v) is 4.71. The molecule has 0 aliphatic heterocycles. The van der Waals surface area contributed by atoms with Crippen LogP contribution in [0.4, 0.5) is 5.69 Å². The van der Waals surface area contributed by atoms with E-state index in [4.69, 9.17) is 11.6 Å². The van der Waals surface area contributed by atoms with Gasteiger partial charge in [-0.2, -0.15) is 5.26 Å². The second-order valence-electron chi connectivity index (χ2n) is 5.58. The Kier molecular flexibility index (Phi) is 5.47. The molecule has 0 spiro atoms. The lowest BCUT2D eigenvalue weighted by atomic mass is 10.2. The molecule has 3 aromatic rings. The lowest BCUT2D eigenvalue weighted by molar-refractivity contribution is -0.112. The molecule has 128 valence electrons. The van der Waals surface area contributed by atoms with Gasteiger partial charge >= 0.3 is 0 Å². The number of thiazole rings is 1. The molecule has 0 radical (unpaired) electrons. The third-order valence-electron chi connectivity index (χ3n) is 3.55. The van der Waals surface area contributed by atoms with Crippen molar-refractivity contribution >= 4 is 40.6 Å². The Morgan fingerprint density at radius 3 is 2.73 bits per heavy atom. The Bertz CT molecular complexity index is 1020. The number of carbonyl (C=O) groups is 1. The van der Waals surface area contributed by atoms with Crippen LogP contribution >= 0.6 is 22.9 Å². The van der Waals surface area contributed by atoms with Crippen LogP contribution in [0.15, 0.2) is 59.5 Å². The molecule has 1 heterocycles. The van der Waals surface area contributed by atoms with E-state index in [1.165, 1.54) is 17.4 Å². The summed E-state index contributed by atoms with van der Waals surface area (Å²) in [7, 11) is 0. The quantitative estimate of drug-likeness (QED) is 0.493. The van der Waals surface area contributed by atoms with Gasteiger partial charge in [-0.3, -0.25) is 4.79 Å². The summed E-state index contributed by atoms with van der Waals surface area (Å²) in [6.07, 6.45) is 1.49. The van der Waals surface area contributed by atoms with Crippen molar-refractivity contribution in [3.63, 3.8) is 0 Å². The number of aryl methyl sites for hydroxylation is 1. The molecule has 3 rings (SSSR count). The van der Waals surface area contributed by atoms with E-state index in [1.54, 1.807) is 23.6 Å². The molecule has 1 amide bonds. The van der Waals surface area contributed by atoms with Gasteiger partial charge in [-0.25, -0.2) is 4.98 Å². The number of rotatable bonds is 4. The highest BCUT2D eigenvalue weighted by atomic mass is 35.5. The Hall–Kier alpha value is -2.94. The van der Waals surface area contributed by atoms with E-state index in [0.717, 1.165) is 16.1 Å². The van der Waals surface area contributed by atoms with E-state index in [9.17, 15) is 10.1 Å². The fourth-order valence-corrected chi connectivity index (χ4v) is 3.20. The topological polar surface area (TPSA) is 65.8 Å². The summed E-state index contributed by atoms with van der Waals surface area (Å²) < 4.78 is 0. The SMILES string of the molecule is Cc1cccc(NC(=O)C(C#N)=Cc2csc(-c3ccc(Cl)cc3)n2)c1. The van der Waals surface area contributed by atoms with Crippen molar-refractivity contribution in [3.05, 3.63) is 75.8 Å². The van der Waals surface area contributed by atoms with Crippen molar-refractivity contribution < 1.29 is 4.79 Å². The minimum atomic E-state index is -0.459. The highest BCUT2D eigenvalue weighted by Gasteiger charge is 2.11. The van der Waals surface area contributed by atoms with Crippen molar-refractivity contribution in [2.24, 2.45) is 0 Å². The van der Waals surface area contributed by atoms with Crippen LogP contribution in [-0.4, -0.2) is 10.9 Å². The first-order chi connectivity index (χ1) is 12.5. The number of carbonyl (C=O) groups excluding carboxylic acids is 1. The molecule has 1 aromatic heterocycles. The highest BCUT2D eigenvalue weighted by Crippen LogP contribution is 2.26. The molecule has 0 bridgehead atoms. The average Bonchev–Trinajstić information content (AvgIpc) is 3.09. The number of nitriles is 1. The van der Waals surface area contributed by atoms with Crippen molar-refractivity contribution in [1.29, 1.82) is 5.26 Å². The molecular formula is C20H14ClN3OS. The summed E-state index contributed by atoms with van der Waals surface area (Å²) in [4.78, 5) is 16.8. The van der Waals surface area contributed by atoms with Crippen LogP contribution < -0.4 is 5.32 Å². The molecule has 26 heavy (non-hydrogen) atoms. The second-order valence-corrected chi connectivity index (χ2v) is 6.87. The van der Waals surface area contributed by atoms with E-state index in [1.807, 2.05) is 43.3 Å². The molecule has 4 nitrogen and oxygen atoms in total. The van der Waals surface area contributed by atoms with Gasteiger partial charge in [0.15, 0.2) is 0 Å². The first-order valence-electron chi connectivity index (χ1n) is 7.76. The fraction of sp³-hybridized carbons (Fsp3) is 0.0500. The number of benzene rings is 2. The molecule has 0 aliphatic rings. The Labute approximate surface area is 160 Å². The van der Waals surface area contributed by atoms with Crippen LogP contribution in [0.1, 0.15) is 11.3 Å². The van der Waals surface area contributed by atoms with E-state index in [0.29, 0.717) is 16.4 Å². The largest absolute Gasteiger partial charge is 0.321 e. The van der Waals surface area contributed by atoms with E-state index >= 15 is 0 Å². The smallest absolute Gasteiger partial charge is 0.266 e. The van der Waals surface area contributed by atoms with Crippen molar-refractivity contribution in [3.8, 4) is 16.6 Å². The molecule has 6 heteroatoms. The number of halogens is 1. The van der Waals surface area contributed by atoms with E-state index in [-0.39, 0.29) is 5.57 Å². The number of hydrogen-bond donors (Lipinski definition) is 1. The molecule has 1 N–H and O–H groups in total. The van der Waals surface area contributed by atoms with Gasteiger partial charge in [0, 0.05) is 21.7 Å². The van der Waals surface area contributed by atoms with Gasteiger partial charge in [-0.15, -0.1) is 11.3 Å². The monoisotopic (exact) mass is 379 g/mol. The number of nitrogens with zero attached hydrogens (tertiary/aromatic N) is 2. The summed E-state index contributed by atoms with van der Waals surface area (Å²) in [5, 5.41) is 15.3. The van der Waals surface area contributed by atoms with Crippen molar-refractivity contribution in [2.45, 2.75) is 6.92 Å². The summed E-state index contributed by atoms with van der Waals surface area (Å²) in [5.41, 5.74) is 3.17. The molecule has 0 aliphatic carbocycles. The van der Waals surface area contributed by atoms with Crippen LogP contribution in [0, 0.1) is 18.3 Å². The molecular weight excluding hydrogens is 366 g/mol. The maximum Gasteiger partial charge on any atom is 0.266 e. The van der Waals surface area contributed by atoms with Gasteiger partial charge in [0.05, 0.1) is 5.69 Å². The standard InChI is InChI=1S/C20H14ClN3OS/c1-13-3-2-4-17(9-13)23-19(25)15(11-22)10-18-12-26-20(24-18)14-5-7-16(21)8-6-14/h2-10,12H,1H3,(H,23,25). The lowest BCUT2D eigenvalue weighted by Gasteiger charge is -2.04. The number of anilines is 1. The Morgan fingerprint density at radius 2 is 2.04 bits per heavy atom. The van der Waals surface area contributed by atoms with Gasteiger partial charge in [0.2, 0.25) is 0 Å². The summed E-state index contributed by atoms with van der Waals surface area (Å²) in [6.45, 7) is 1.93.